The van der Waals surface area contributed by atoms with Crippen molar-refractivity contribution in [2.45, 2.75) is 51.1 Å². The maximum atomic E-state index is 12.9. The van der Waals surface area contributed by atoms with Gasteiger partial charge in [-0.1, -0.05) is 31.2 Å². The maximum Gasteiger partial charge on any atom is 0.255 e. The van der Waals surface area contributed by atoms with E-state index in [9.17, 15) is 13.2 Å². The minimum Gasteiger partial charge on any atom is -0.496 e. The lowest BCUT2D eigenvalue weighted by Crippen LogP contribution is -2.31. The number of carbonyl (C=O) groups is 1. The van der Waals surface area contributed by atoms with Crippen LogP contribution in [0.15, 0.2) is 47.4 Å². The molecule has 1 amide bonds. The Morgan fingerprint density at radius 3 is 2.25 bits per heavy atom. The summed E-state index contributed by atoms with van der Waals surface area (Å²) in [5.41, 5.74) is 2.24. The van der Waals surface area contributed by atoms with Crippen LogP contribution in [0, 0.1) is 0 Å². The number of aryl methyl sites for hydroxylation is 1. The predicted octanol–water partition coefficient (Wildman–Crippen LogP) is 3.44. The molecule has 0 aromatic heterocycles. The molecule has 1 atom stereocenters. The van der Waals surface area contributed by atoms with Gasteiger partial charge in [0.1, 0.15) is 5.75 Å². The summed E-state index contributed by atoms with van der Waals surface area (Å²) < 4.78 is 33.6. The summed E-state index contributed by atoms with van der Waals surface area (Å²) in [5, 5.41) is 2.76. The lowest BCUT2D eigenvalue weighted by molar-refractivity contribution is 0.0940. The number of amides is 1. The number of benzene rings is 2. The molecule has 0 bridgehead atoms. The van der Waals surface area contributed by atoms with Crippen molar-refractivity contribution in [2.75, 3.05) is 7.11 Å². The summed E-state index contributed by atoms with van der Waals surface area (Å²) in [5.74, 6) is -0.0626. The van der Waals surface area contributed by atoms with E-state index in [4.69, 9.17) is 4.74 Å². The zero-order valence-electron chi connectivity index (χ0n) is 16.9. The van der Waals surface area contributed by atoms with E-state index in [0.717, 1.165) is 12.0 Å². The van der Waals surface area contributed by atoms with E-state index in [0.29, 0.717) is 5.75 Å². The van der Waals surface area contributed by atoms with Gasteiger partial charge in [-0.2, -0.15) is 0 Å². The number of sulfonamides is 1. The van der Waals surface area contributed by atoms with Crippen molar-refractivity contribution in [1.29, 1.82) is 0 Å². The third kappa shape index (κ3) is 5.33. The van der Waals surface area contributed by atoms with E-state index in [1.807, 2.05) is 38.1 Å². The van der Waals surface area contributed by atoms with Crippen molar-refractivity contribution in [3.8, 4) is 5.75 Å². The zero-order chi connectivity index (χ0) is 20.9. The number of methoxy groups -OCH3 is 1. The average molecular weight is 405 g/mol. The summed E-state index contributed by atoms with van der Waals surface area (Å²) >= 11 is 0. The monoisotopic (exact) mass is 404 g/mol. The van der Waals surface area contributed by atoms with Gasteiger partial charge < -0.3 is 10.1 Å². The second kappa shape index (κ2) is 9.21. The maximum absolute atomic E-state index is 12.9. The van der Waals surface area contributed by atoms with Gasteiger partial charge in [0.25, 0.3) is 5.91 Å². The summed E-state index contributed by atoms with van der Waals surface area (Å²) in [4.78, 5) is 12.4. The van der Waals surface area contributed by atoms with Gasteiger partial charge in [0.15, 0.2) is 0 Å². The zero-order valence-corrected chi connectivity index (χ0v) is 17.8. The average Bonchev–Trinajstić information content (AvgIpc) is 2.66. The van der Waals surface area contributed by atoms with E-state index in [1.165, 1.54) is 30.9 Å². The molecule has 0 saturated carbocycles. The van der Waals surface area contributed by atoms with E-state index in [1.54, 1.807) is 6.92 Å². The van der Waals surface area contributed by atoms with Crippen LogP contribution in [0.3, 0.4) is 0 Å². The minimum absolute atomic E-state index is 0.0132. The lowest BCUT2D eigenvalue weighted by Gasteiger charge is -2.17. The van der Waals surface area contributed by atoms with Crippen molar-refractivity contribution < 1.29 is 17.9 Å². The van der Waals surface area contributed by atoms with Gasteiger partial charge >= 0.3 is 0 Å². The molecule has 0 spiro atoms. The normalized spacial score (nSPS) is 12.6. The van der Waals surface area contributed by atoms with Gasteiger partial charge in [0, 0.05) is 12.1 Å². The molecule has 0 saturated heterocycles. The van der Waals surface area contributed by atoms with Gasteiger partial charge in [-0.25, -0.2) is 13.1 Å². The second-order valence-corrected chi connectivity index (χ2v) is 8.64. The quantitative estimate of drug-likeness (QED) is 0.706. The molecule has 2 N–H and O–H groups in total. The van der Waals surface area contributed by atoms with E-state index in [2.05, 4.69) is 17.0 Å². The van der Waals surface area contributed by atoms with Crippen molar-refractivity contribution in [1.82, 2.24) is 10.0 Å². The van der Waals surface area contributed by atoms with Crippen molar-refractivity contribution >= 4 is 15.9 Å². The highest BCUT2D eigenvalue weighted by atomic mass is 32.2. The Morgan fingerprint density at radius 1 is 1.07 bits per heavy atom. The molecule has 2 rings (SSSR count). The summed E-state index contributed by atoms with van der Waals surface area (Å²) in [6, 6.07) is 11.6. The molecule has 0 aliphatic rings. The van der Waals surface area contributed by atoms with Crippen LogP contribution in [0.2, 0.25) is 0 Å². The van der Waals surface area contributed by atoms with Crippen LogP contribution in [-0.4, -0.2) is 27.5 Å². The summed E-state index contributed by atoms with van der Waals surface area (Å²) in [6.07, 6.45) is 0.924. The van der Waals surface area contributed by atoms with Crippen LogP contribution >= 0.6 is 0 Å². The molecule has 0 heterocycles. The molecule has 0 aliphatic carbocycles. The highest BCUT2D eigenvalue weighted by Crippen LogP contribution is 2.24. The third-order valence-corrected chi connectivity index (χ3v) is 5.90. The molecule has 152 valence electrons. The fourth-order valence-corrected chi connectivity index (χ4v) is 4.04. The SMILES string of the molecule is CCc1ccc([C@@H](C)NS(=O)(=O)c2ccc(OC)c(C(=O)NC(C)C)c2)cc1. The first kappa shape index (κ1) is 21.9. The molecular formula is C21H28N2O4S. The van der Waals surface area contributed by atoms with Crippen LogP contribution in [0.5, 0.6) is 5.75 Å². The third-order valence-electron chi connectivity index (χ3n) is 4.37. The second-order valence-electron chi connectivity index (χ2n) is 6.93. The fourth-order valence-electron chi connectivity index (χ4n) is 2.78. The van der Waals surface area contributed by atoms with E-state index < -0.39 is 16.1 Å². The van der Waals surface area contributed by atoms with Crippen LogP contribution < -0.4 is 14.8 Å². The topological polar surface area (TPSA) is 84.5 Å². The van der Waals surface area contributed by atoms with Gasteiger partial charge in [-0.3, -0.25) is 4.79 Å². The minimum atomic E-state index is -3.82. The predicted molar refractivity (Wildman–Crippen MR) is 110 cm³/mol. The lowest BCUT2D eigenvalue weighted by atomic mass is 10.1. The number of ether oxygens (including phenoxy) is 1. The Kier molecular flexibility index (Phi) is 7.21. The van der Waals surface area contributed by atoms with Gasteiger partial charge in [-0.15, -0.1) is 0 Å². The molecule has 0 fully saturated rings. The number of hydrogen-bond donors (Lipinski definition) is 2. The summed E-state index contributed by atoms with van der Waals surface area (Å²) in [7, 11) is -2.38. The van der Waals surface area contributed by atoms with Crippen molar-refractivity contribution in [2.24, 2.45) is 0 Å². The smallest absolute Gasteiger partial charge is 0.255 e. The van der Waals surface area contributed by atoms with Gasteiger partial charge in [0.05, 0.1) is 17.6 Å². The summed E-state index contributed by atoms with van der Waals surface area (Å²) in [6.45, 7) is 7.52. The standard InChI is InChI=1S/C21H28N2O4S/c1-6-16-7-9-17(10-8-16)15(4)23-28(25,26)18-11-12-20(27-5)19(13-18)21(24)22-14(2)3/h7-15,23H,6H2,1-5H3,(H,22,24)/t15-/m1/s1. The fraction of sp³-hybridized carbons (Fsp3) is 0.381. The van der Waals surface area contributed by atoms with Crippen molar-refractivity contribution in [3.63, 3.8) is 0 Å². The Bertz CT molecular complexity index is 922. The molecular weight excluding hydrogens is 376 g/mol. The number of nitrogens with one attached hydrogen (secondary N) is 2. The molecule has 28 heavy (non-hydrogen) atoms. The number of hydrogen-bond acceptors (Lipinski definition) is 4. The van der Waals surface area contributed by atoms with Gasteiger partial charge in [0.2, 0.25) is 10.0 Å². The first-order chi connectivity index (χ1) is 13.2. The van der Waals surface area contributed by atoms with Crippen LogP contribution in [0.1, 0.15) is 55.2 Å². The molecule has 0 radical (unpaired) electrons. The Labute approximate surface area is 167 Å². The van der Waals surface area contributed by atoms with Gasteiger partial charge in [-0.05, 0) is 56.5 Å². The molecule has 2 aromatic rings. The van der Waals surface area contributed by atoms with Crippen molar-refractivity contribution in [3.05, 3.63) is 59.2 Å². The first-order valence-corrected chi connectivity index (χ1v) is 10.8. The molecule has 6 nitrogen and oxygen atoms in total. The van der Waals surface area contributed by atoms with Crippen LogP contribution in [0.25, 0.3) is 0 Å². The highest BCUT2D eigenvalue weighted by Gasteiger charge is 2.22. The Morgan fingerprint density at radius 2 is 1.71 bits per heavy atom. The van der Waals surface area contributed by atoms with Crippen LogP contribution in [0.4, 0.5) is 0 Å². The molecule has 0 unspecified atom stereocenters. The van der Waals surface area contributed by atoms with E-state index >= 15 is 0 Å². The highest BCUT2D eigenvalue weighted by molar-refractivity contribution is 7.89. The Hall–Kier alpha value is -2.38. The number of carbonyl (C=O) groups excluding carboxylic acids is 1. The molecule has 0 aliphatic heterocycles. The first-order valence-electron chi connectivity index (χ1n) is 9.28. The Balaban J connectivity index is 2.29. The number of rotatable bonds is 8. The van der Waals surface area contributed by atoms with E-state index in [-0.39, 0.29) is 22.4 Å². The van der Waals surface area contributed by atoms with Crippen LogP contribution in [-0.2, 0) is 16.4 Å². The molecule has 2 aromatic carbocycles. The largest absolute Gasteiger partial charge is 0.496 e. The molecule has 7 heteroatoms.